The van der Waals surface area contributed by atoms with Crippen LogP contribution in [0.25, 0.3) is 0 Å². The summed E-state index contributed by atoms with van der Waals surface area (Å²) in [5.74, 6) is 0.689. The van der Waals surface area contributed by atoms with Crippen molar-refractivity contribution in [1.82, 2.24) is 0 Å². The lowest BCUT2D eigenvalue weighted by Crippen LogP contribution is -2.19. The first-order valence-corrected chi connectivity index (χ1v) is 5.89. The van der Waals surface area contributed by atoms with Crippen molar-refractivity contribution in [1.29, 1.82) is 0 Å². The molecule has 0 heterocycles. The van der Waals surface area contributed by atoms with Gasteiger partial charge in [0, 0.05) is 6.21 Å². The average molecular weight is 203 g/mol. The molecule has 13 heavy (non-hydrogen) atoms. The van der Waals surface area contributed by atoms with Gasteiger partial charge in [0.05, 0.1) is 4.75 Å². The van der Waals surface area contributed by atoms with E-state index in [0.717, 1.165) is 12.8 Å². The van der Waals surface area contributed by atoms with Crippen LogP contribution < -0.4 is 0 Å². The maximum Gasteiger partial charge on any atom is 0.144 e. The van der Waals surface area contributed by atoms with Crippen molar-refractivity contribution in [3.63, 3.8) is 0 Å². The molecule has 3 heteroatoms. The molecule has 0 rings (SSSR count). The van der Waals surface area contributed by atoms with Gasteiger partial charge in [-0.05, 0) is 39.5 Å². The highest BCUT2D eigenvalue weighted by Crippen LogP contribution is 2.12. The van der Waals surface area contributed by atoms with Crippen molar-refractivity contribution >= 4 is 17.2 Å². The molecule has 0 aromatic rings. The zero-order valence-corrected chi connectivity index (χ0v) is 10.1. The van der Waals surface area contributed by atoms with Gasteiger partial charge >= 0.3 is 0 Å². The molecule has 0 aliphatic rings. The fourth-order valence-electron chi connectivity index (χ4n) is 0.686. The van der Waals surface area contributed by atoms with E-state index in [0.29, 0.717) is 5.92 Å². The second-order valence-electron chi connectivity index (χ2n) is 4.62. The van der Waals surface area contributed by atoms with Gasteiger partial charge in [0.25, 0.3) is 0 Å². The minimum Gasteiger partial charge on any atom is -0.234 e. The maximum absolute atomic E-state index is 11.4. The second-order valence-corrected chi connectivity index (χ2v) is 6.55. The number of hydrogen-bond acceptors (Lipinski definition) is 1. The van der Waals surface area contributed by atoms with E-state index in [-0.39, 0.29) is 4.75 Å². The molecule has 0 aliphatic carbocycles. The molecule has 0 fully saturated rings. The number of hydrogen-bond donors (Lipinski definition) is 0. The predicted octanol–water partition coefficient (Wildman–Crippen LogP) is 2.96. The highest BCUT2D eigenvalue weighted by Gasteiger charge is 2.17. The average Bonchev–Trinajstić information content (AvgIpc) is 1.95. The van der Waals surface area contributed by atoms with Gasteiger partial charge in [-0.2, -0.15) is 4.40 Å². The number of nitrogens with zero attached hydrogens (tertiary/aromatic N) is 1. The molecule has 0 aromatic carbocycles. The van der Waals surface area contributed by atoms with Gasteiger partial charge in [-0.3, -0.25) is 0 Å². The molecule has 0 aliphatic heterocycles. The van der Waals surface area contributed by atoms with Crippen LogP contribution in [0.15, 0.2) is 4.40 Å². The van der Waals surface area contributed by atoms with Gasteiger partial charge in [-0.25, -0.2) is 4.21 Å². The largest absolute Gasteiger partial charge is 0.234 e. The second kappa shape index (κ2) is 5.53. The summed E-state index contributed by atoms with van der Waals surface area (Å²) in [5, 5.41) is 0. The van der Waals surface area contributed by atoms with Crippen LogP contribution >= 0.6 is 0 Å². The zero-order chi connectivity index (χ0) is 10.5. The van der Waals surface area contributed by atoms with E-state index in [4.69, 9.17) is 0 Å². The third-order valence-electron chi connectivity index (χ3n) is 1.57. The molecule has 1 atom stereocenters. The fraction of sp³-hybridized carbons (Fsp3) is 0.900. The van der Waals surface area contributed by atoms with E-state index in [9.17, 15) is 4.21 Å². The lowest BCUT2D eigenvalue weighted by molar-refractivity contribution is 0.606. The minimum absolute atomic E-state index is 0.228. The summed E-state index contributed by atoms with van der Waals surface area (Å²) in [7, 11) is -1.08. The molecule has 0 saturated heterocycles. The Balaban J connectivity index is 3.80. The molecular formula is C10H21NOS. The number of rotatable bonds is 4. The molecule has 78 valence electrons. The first-order valence-electron chi connectivity index (χ1n) is 4.78. The lowest BCUT2D eigenvalue weighted by atomic mass is 10.1. The molecule has 0 saturated carbocycles. The summed E-state index contributed by atoms with van der Waals surface area (Å²) < 4.78 is 15.2. The zero-order valence-electron chi connectivity index (χ0n) is 9.33. The van der Waals surface area contributed by atoms with Crippen molar-refractivity contribution in [3.05, 3.63) is 0 Å². The SMILES string of the molecule is CC(C)CC/C=N/[S@](=O)C(C)(C)C. The topological polar surface area (TPSA) is 29.4 Å². The van der Waals surface area contributed by atoms with Crippen molar-refractivity contribution < 1.29 is 4.21 Å². The van der Waals surface area contributed by atoms with Gasteiger partial charge in [0.2, 0.25) is 0 Å². The molecule has 2 nitrogen and oxygen atoms in total. The fourth-order valence-corrected chi connectivity index (χ4v) is 1.24. The Kier molecular flexibility index (Phi) is 5.45. The first-order chi connectivity index (χ1) is 5.84. The monoisotopic (exact) mass is 203 g/mol. The molecule has 0 spiro atoms. The Bertz CT molecular complexity index is 192. The quantitative estimate of drug-likeness (QED) is 0.646. The van der Waals surface area contributed by atoms with Crippen molar-refractivity contribution in [2.75, 3.05) is 0 Å². The Morgan fingerprint density at radius 1 is 1.38 bits per heavy atom. The summed E-state index contributed by atoms with van der Waals surface area (Å²) in [6.45, 7) is 10.2. The summed E-state index contributed by atoms with van der Waals surface area (Å²) in [4.78, 5) is 0. The van der Waals surface area contributed by atoms with Gasteiger partial charge in [0.1, 0.15) is 11.0 Å². The normalized spacial score (nSPS) is 15.5. The molecule has 0 amide bonds. The molecule has 0 radical (unpaired) electrons. The Hall–Kier alpha value is -0.180. The summed E-state index contributed by atoms with van der Waals surface area (Å²) in [5.41, 5.74) is 0. The lowest BCUT2D eigenvalue weighted by Gasteiger charge is -2.12. The van der Waals surface area contributed by atoms with E-state index in [1.165, 1.54) is 0 Å². The van der Waals surface area contributed by atoms with E-state index >= 15 is 0 Å². The minimum atomic E-state index is -1.08. The smallest absolute Gasteiger partial charge is 0.144 e. The van der Waals surface area contributed by atoms with Crippen molar-refractivity contribution in [2.45, 2.75) is 52.2 Å². The van der Waals surface area contributed by atoms with E-state index < -0.39 is 11.0 Å². The van der Waals surface area contributed by atoms with E-state index in [1.54, 1.807) is 6.21 Å². The molecule has 0 N–H and O–H groups in total. The predicted molar refractivity (Wildman–Crippen MR) is 60.5 cm³/mol. The van der Waals surface area contributed by atoms with Crippen LogP contribution in [0.1, 0.15) is 47.5 Å². The van der Waals surface area contributed by atoms with Crippen LogP contribution in [0.5, 0.6) is 0 Å². The molecule has 0 unspecified atom stereocenters. The van der Waals surface area contributed by atoms with E-state index in [2.05, 4.69) is 18.2 Å². The van der Waals surface area contributed by atoms with Crippen molar-refractivity contribution in [3.8, 4) is 0 Å². The maximum atomic E-state index is 11.4. The van der Waals surface area contributed by atoms with Crippen LogP contribution in [0.4, 0.5) is 0 Å². The van der Waals surface area contributed by atoms with Gasteiger partial charge in [0.15, 0.2) is 0 Å². The van der Waals surface area contributed by atoms with Gasteiger partial charge < -0.3 is 0 Å². The Morgan fingerprint density at radius 3 is 2.31 bits per heavy atom. The van der Waals surface area contributed by atoms with Crippen LogP contribution in [-0.2, 0) is 11.0 Å². The first kappa shape index (κ1) is 12.8. The Labute approximate surface area is 84.4 Å². The van der Waals surface area contributed by atoms with Crippen LogP contribution in [-0.4, -0.2) is 15.2 Å². The van der Waals surface area contributed by atoms with Crippen molar-refractivity contribution in [2.24, 2.45) is 10.3 Å². The van der Waals surface area contributed by atoms with Crippen LogP contribution in [0.3, 0.4) is 0 Å². The third-order valence-corrected chi connectivity index (χ3v) is 2.96. The molecule has 0 bridgehead atoms. The summed E-state index contributed by atoms with van der Waals surface area (Å²) in [6.07, 6.45) is 3.84. The van der Waals surface area contributed by atoms with Gasteiger partial charge in [-0.15, -0.1) is 0 Å². The summed E-state index contributed by atoms with van der Waals surface area (Å²) in [6, 6.07) is 0. The Morgan fingerprint density at radius 2 is 1.92 bits per heavy atom. The highest BCUT2D eigenvalue weighted by atomic mass is 32.2. The molecular weight excluding hydrogens is 182 g/mol. The van der Waals surface area contributed by atoms with Gasteiger partial charge in [-0.1, -0.05) is 13.8 Å². The molecule has 0 aromatic heterocycles. The third kappa shape index (κ3) is 6.94. The van der Waals surface area contributed by atoms with E-state index in [1.807, 2.05) is 20.8 Å². The summed E-state index contributed by atoms with van der Waals surface area (Å²) >= 11 is 0. The highest BCUT2D eigenvalue weighted by molar-refractivity contribution is 7.85. The van der Waals surface area contributed by atoms with Crippen LogP contribution in [0.2, 0.25) is 0 Å². The van der Waals surface area contributed by atoms with Crippen LogP contribution in [0, 0.1) is 5.92 Å². The standard InChI is InChI=1S/C10H21NOS/c1-9(2)7-6-8-11-13(12)10(3,4)5/h8-9H,6-7H2,1-5H3/b11-8+/t13-/m1/s1.